The predicted octanol–water partition coefficient (Wildman–Crippen LogP) is 1.29. The minimum absolute atomic E-state index is 0.0317. The summed E-state index contributed by atoms with van der Waals surface area (Å²) in [5.41, 5.74) is 0.413. The molecule has 1 unspecified atom stereocenters. The Labute approximate surface area is 108 Å². The predicted molar refractivity (Wildman–Crippen MR) is 69.4 cm³/mol. The molecule has 1 rings (SSSR count). The van der Waals surface area contributed by atoms with Crippen molar-refractivity contribution in [1.82, 2.24) is 9.71 Å². The molecular weight excluding hydrogens is 252 g/mol. The lowest BCUT2D eigenvalue weighted by molar-refractivity contribution is 0.281. The normalized spacial score (nSPS) is 14.5. The zero-order valence-electron chi connectivity index (χ0n) is 11.1. The van der Waals surface area contributed by atoms with E-state index in [0.717, 1.165) is 0 Å². The largest absolute Gasteiger partial charge is 0.392 e. The number of hydrogen-bond acceptors (Lipinski definition) is 4. The number of rotatable bonds is 4. The first kappa shape index (κ1) is 15.1. The average Bonchev–Trinajstić information content (AvgIpc) is 2.27. The van der Waals surface area contributed by atoms with Gasteiger partial charge >= 0.3 is 0 Å². The van der Waals surface area contributed by atoms with Crippen LogP contribution in [0.4, 0.5) is 0 Å². The van der Waals surface area contributed by atoms with Crippen molar-refractivity contribution in [2.45, 2.75) is 45.4 Å². The van der Waals surface area contributed by atoms with E-state index < -0.39 is 10.0 Å². The van der Waals surface area contributed by atoms with Crippen LogP contribution in [0.1, 0.15) is 33.3 Å². The molecule has 0 saturated heterocycles. The molecule has 5 nitrogen and oxygen atoms in total. The van der Waals surface area contributed by atoms with Crippen molar-refractivity contribution in [2.24, 2.45) is 5.41 Å². The van der Waals surface area contributed by atoms with E-state index in [0.29, 0.717) is 5.56 Å². The summed E-state index contributed by atoms with van der Waals surface area (Å²) in [6.07, 6.45) is 1.36. The lowest BCUT2D eigenvalue weighted by atomic mass is 9.89. The van der Waals surface area contributed by atoms with Crippen LogP contribution in [0.25, 0.3) is 0 Å². The van der Waals surface area contributed by atoms with E-state index in [1.165, 1.54) is 12.3 Å². The van der Waals surface area contributed by atoms with Crippen molar-refractivity contribution in [3.63, 3.8) is 0 Å². The zero-order valence-corrected chi connectivity index (χ0v) is 12.0. The van der Waals surface area contributed by atoms with Gasteiger partial charge in [-0.3, -0.25) is 0 Å². The first-order valence-corrected chi connectivity index (χ1v) is 7.23. The fourth-order valence-corrected chi connectivity index (χ4v) is 2.51. The van der Waals surface area contributed by atoms with Crippen LogP contribution in [0.2, 0.25) is 0 Å². The third-order valence-electron chi connectivity index (χ3n) is 2.89. The second-order valence-electron chi connectivity index (χ2n) is 5.37. The minimum atomic E-state index is -3.61. The summed E-state index contributed by atoms with van der Waals surface area (Å²) in [5, 5.41) is 8.85. The lowest BCUT2D eigenvalue weighted by Gasteiger charge is -2.27. The Morgan fingerprint density at radius 3 is 2.39 bits per heavy atom. The van der Waals surface area contributed by atoms with Crippen LogP contribution < -0.4 is 4.72 Å². The first-order valence-electron chi connectivity index (χ1n) is 5.75. The van der Waals surface area contributed by atoms with E-state index in [-0.39, 0.29) is 23.1 Å². The summed E-state index contributed by atoms with van der Waals surface area (Å²) < 4.78 is 26.7. The molecule has 0 bridgehead atoms. The topological polar surface area (TPSA) is 79.3 Å². The maximum absolute atomic E-state index is 12.1. The summed E-state index contributed by atoms with van der Waals surface area (Å²) in [6.45, 7) is 7.55. The SMILES string of the molecule is CC(NS(=O)(=O)c1ccc(CO)cn1)C(C)(C)C. The molecule has 1 aromatic heterocycles. The van der Waals surface area contributed by atoms with E-state index in [2.05, 4.69) is 9.71 Å². The summed E-state index contributed by atoms with van der Waals surface area (Å²) in [4.78, 5) is 3.85. The second-order valence-corrected chi connectivity index (χ2v) is 7.03. The van der Waals surface area contributed by atoms with Gasteiger partial charge in [-0.1, -0.05) is 26.8 Å². The molecule has 1 aromatic rings. The molecule has 0 aliphatic carbocycles. The molecule has 0 radical (unpaired) electrons. The Morgan fingerprint density at radius 1 is 1.39 bits per heavy atom. The van der Waals surface area contributed by atoms with E-state index in [4.69, 9.17) is 5.11 Å². The molecular formula is C12H20N2O3S. The Bertz CT molecular complexity index is 489. The first-order chi connectivity index (χ1) is 8.16. The Morgan fingerprint density at radius 2 is 2.00 bits per heavy atom. The molecule has 102 valence electrons. The minimum Gasteiger partial charge on any atom is -0.392 e. The van der Waals surface area contributed by atoms with Crippen molar-refractivity contribution < 1.29 is 13.5 Å². The van der Waals surface area contributed by atoms with Gasteiger partial charge < -0.3 is 5.11 Å². The van der Waals surface area contributed by atoms with E-state index in [1.807, 2.05) is 27.7 Å². The van der Waals surface area contributed by atoms with Gasteiger partial charge in [0.1, 0.15) is 0 Å². The highest BCUT2D eigenvalue weighted by molar-refractivity contribution is 7.89. The highest BCUT2D eigenvalue weighted by atomic mass is 32.2. The van der Waals surface area contributed by atoms with Crippen LogP contribution in [0.15, 0.2) is 23.4 Å². The molecule has 2 N–H and O–H groups in total. The number of hydrogen-bond donors (Lipinski definition) is 2. The van der Waals surface area contributed by atoms with Crippen LogP contribution >= 0.6 is 0 Å². The van der Waals surface area contributed by atoms with Crippen molar-refractivity contribution in [3.05, 3.63) is 23.9 Å². The molecule has 6 heteroatoms. The van der Waals surface area contributed by atoms with Gasteiger partial charge in [0.15, 0.2) is 5.03 Å². The maximum Gasteiger partial charge on any atom is 0.258 e. The quantitative estimate of drug-likeness (QED) is 0.865. The Hall–Kier alpha value is -0.980. The van der Waals surface area contributed by atoms with Crippen LogP contribution in [-0.4, -0.2) is 24.6 Å². The maximum atomic E-state index is 12.1. The van der Waals surface area contributed by atoms with Crippen LogP contribution in [0.5, 0.6) is 0 Å². The highest BCUT2D eigenvalue weighted by Gasteiger charge is 2.26. The third-order valence-corrected chi connectivity index (χ3v) is 4.34. The second kappa shape index (κ2) is 5.34. The van der Waals surface area contributed by atoms with Crippen molar-refractivity contribution in [2.75, 3.05) is 0 Å². The number of nitrogens with one attached hydrogen (secondary N) is 1. The summed E-state index contributed by atoms with van der Waals surface area (Å²) in [5.74, 6) is 0. The summed E-state index contributed by atoms with van der Waals surface area (Å²) in [7, 11) is -3.61. The van der Waals surface area contributed by atoms with Crippen molar-refractivity contribution in [3.8, 4) is 0 Å². The van der Waals surface area contributed by atoms with Gasteiger partial charge in [0.05, 0.1) is 6.61 Å². The lowest BCUT2D eigenvalue weighted by Crippen LogP contribution is -2.41. The van der Waals surface area contributed by atoms with Gasteiger partial charge in [-0.05, 0) is 24.0 Å². The number of sulfonamides is 1. The van der Waals surface area contributed by atoms with Gasteiger partial charge in [-0.25, -0.2) is 18.1 Å². The molecule has 1 heterocycles. The molecule has 0 aromatic carbocycles. The highest BCUT2D eigenvalue weighted by Crippen LogP contribution is 2.20. The molecule has 0 aliphatic rings. The fraction of sp³-hybridized carbons (Fsp3) is 0.583. The molecule has 1 atom stereocenters. The number of pyridine rings is 1. The molecule has 0 aliphatic heterocycles. The van der Waals surface area contributed by atoms with Gasteiger partial charge in [-0.2, -0.15) is 0 Å². The Balaban J connectivity index is 2.93. The van der Waals surface area contributed by atoms with Crippen LogP contribution in [0.3, 0.4) is 0 Å². The standard InChI is InChI=1S/C12H20N2O3S/c1-9(12(2,3)4)14-18(16,17)11-6-5-10(8-15)7-13-11/h5-7,9,14-15H,8H2,1-4H3. The fourth-order valence-electron chi connectivity index (χ4n) is 1.13. The summed E-state index contributed by atoms with van der Waals surface area (Å²) in [6, 6.07) is 2.73. The van der Waals surface area contributed by atoms with Crippen LogP contribution in [-0.2, 0) is 16.6 Å². The van der Waals surface area contributed by atoms with Crippen LogP contribution in [0, 0.1) is 5.41 Å². The number of nitrogens with zero attached hydrogens (tertiary/aromatic N) is 1. The number of aliphatic hydroxyl groups excluding tert-OH is 1. The average molecular weight is 272 g/mol. The Kier molecular flexibility index (Phi) is 4.47. The van der Waals surface area contributed by atoms with Gasteiger partial charge in [0.25, 0.3) is 10.0 Å². The molecule has 18 heavy (non-hydrogen) atoms. The van der Waals surface area contributed by atoms with Crippen molar-refractivity contribution >= 4 is 10.0 Å². The van der Waals surface area contributed by atoms with Crippen molar-refractivity contribution in [1.29, 1.82) is 0 Å². The van der Waals surface area contributed by atoms with Gasteiger partial charge in [0, 0.05) is 12.2 Å². The van der Waals surface area contributed by atoms with E-state index in [1.54, 1.807) is 6.07 Å². The van der Waals surface area contributed by atoms with Gasteiger partial charge in [0.2, 0.25) is 0 Å². The van der Waals surface area contributed by atoms with E-state index >= 15 is 0 Å². The molecule has 0 fully saturated rings. The van der Waals surface area contributed by atoms with E-state index in [9.17, 15) is 8.42 Å². The molecule has 0 saturated carbocycles. The molecule has 0 spiro atoms. The smallest absolute Gasteiger partial charge is 0.258 e. The number of aromatic nitrogens is 1. The third kappa shape index (κ3) is 3.76. The monoisotopic (exact) mass is 272 g/mol. The molecule has 0 amide bonds. The van der Waals surface area contributed by atoms with Gasteiger partial charge in [-0.15, -0.1) is 0 Å². The summed E-state index contributed by atoms with van der Waals surface area (Å²) >= 11 is 0. The zero-order chi connectivity index (χ0) is 14.0. The number of aliphatic hydroxyl groups is 1.